The third-order valence-electron chi connectivity index (χ3n) is 3.18. The van der Waals surface area contributed by atoms with Crippen molar-refractivity contribution in [2.24, 2.45) is 0 Å². The van der Waals surface area contributed by atoms with Crippen molar-refractivity contribution in [1.82, 2.24) is 35.2 Å². The van der Waals surface area contributed by atoms with E-state index in [0.717, 1.165) is 12.2 Å². The van der Waals surface area contributed by atoms with Gasteiger partial charge < -0.3 is 10.2 Å². The van der Waals surface area contributed by atoms with Crippen molar-refractivity contribution in [3.63, 3.8) is 0 Å². The van der Waals surface area contributed by atoms with Crippen LogP contribution in [0.15, 0.2) is 10.9 Å². The van der Waals surface area contributed by atoms with Crippen LogP contribution in [0, 0.1) is 6.92 Å². The molecule has 2 rings (SSSR count). The Morgan fingerprint density at radius 1 is 1.48 bits per heavy atom. The number of anilines is 1. The highest BCUT2D eigenvalue weighted by molar-refractivity contribution is 5.88. The number of carbonyl (C=O) groups is 1. The quantitative estimate of drug-likeness (QED) is 0.598. The van der Waals surface area contributed by atoms with Crippen molar-refractivity contribution in [2.75, 3.05) is 26.0 Å². The monoisotopic (exact) mass is 322 g/mol. The summed E-state index contributed by atoms with van der Waals surface area (Å²) < 4.78 is 1.75. The lowest BCUT2D eigenvalue weighted by atomic mass is 10.3. The minimum atomic E-state index is -0.437. The Balaban J connectivity index is 1.98. The number of carbonyl (C=O) groups excluding carboxylic acids is 1. The van der Waals surface area contributed by atoms with Crippen molar-refractivity contribution in [3.05, 3.63) is 28.1 Å². The van der Waals surface area contributed by atoms with Gasteiger partial charge in [0.2, 0.25) is 0 Å². The predicted octanol–water partition coefficient (Wildman–Crippen LogP) is 0.0472. The van der Waals surface area contributed by atoms with Gasteiger partial charge in [0.1, 0.15) is 5.82 Å². The summed E-state index contributed by atoms with van der Waals surface area (Å²) in [6.45, 7) is 5.06. The second-order valence-corrected chi connectivity index (χ2v) is 5.58. The second kappa shape index (κ2) is 7.09. The fourth-order valence-corrected chi connectivity index (χ4v) is 2.02. The molecular weight excluding hydrogens is 300 g/mol. The Morgan fingerprint density at radius 3 is 2.83 bits per heavy atom. The number of aryl methyl sites for hydroxylation is 1. The molecule has 0 bridgehead atoms. The van der Waals surface area contributed by atoms with Gasteiger partial charge in [-0.15, -0.1) is 0 Å². The van der Waals surface area contributed by atoms with E-state index in [9.17, 15) is 9.59 Å². The zero-order valence-corrected chi connectivity index (χ0v) is 13.7. The molecule has 10 nitrogen and oxygen atoms in total. The Labute approximate surface area is 133 Å². The highest BCUT2D eigenvalue weighted by atomic mass is 16.2. The van der Waals surface area contributed by atoms with E-state index in [2.05, 4.69) is 30.9 Å². The Bertz CT molecular complexity index is 714. The molecule has 2 amide bonds. The first-order valence-electron chi connectivity index (χ1n) is 7.26. The minimum absolute atomic E-state index is 0.363. The number of amides is 2. The SMILES string of the molecule is Cc1cc(NC(=O)N[C@H](C)c2n[nH]c(=O)[nH]2)n(CCN(C)C)n1. The van der Waals surface area contributed by atoms with Crippen LogP contribution >= 0.6 is 0 Å². The Kier molecular flexibility index (Phi) is 5.16. The van der Waals surface area contributed by atoms with Crippen LogP contribution in [0.2, 0.25) is 0 Å². The largest absolute Gasteiger partial charge is 0.340 e. The van der Waals surface area contributed by atoms with Crippen LogP contribution in [0.25, 0.3) is 0 Å². The number of nitrogens with zero attached hydrogens (tertiary/aromatic N) is 4. The Hall–Kier alpha value is -2.62. The molecule has 23 heavy (non-hydrogen) atoms. The number of aromatic nitrogens is 5. The van der Waals surface area contributed by atoms with Gasteiger partial charge in [0.15, 0.2) is 5.82 Å². The molecule has 0 saturated heterocycles. The third-order valence-corrected chi connectivity index (χ3v) is 3.18. The average molecular weight is 322 g/mol. The zero-order chi connectivity index (χ0) is 17.0. The lowest BCUT2D eigenvalue weighted by Gasteiger charge is -2.14. The molecule has 2 aromatic heterocycles. The van der Waals surface area contributed by atoms with Gasteiger partial charge in [0, 0.05) is 12.6 Å². The number of urea groups is 1. The number of likely N-dealkylation sites (N-methyl/N-ethyl adjacent to an activating group) is 1. The first kappa shape index (κ1) is 16.7. The van der Waals surface area contributed by atoms with E-state index >= 15 is 0 Å². The maximum atomic E-state index is 12.1. The van der Waals surface area contributed by atoms with Gasteiger partial charge in [-0.2, -0.15) is 10.2 Å². The lowest BCUT2D eigenvalue weighted by molar-refractivity contribution is 0.248. The van der Waals surface area contributed by atoms with E-state index in [-0.39, 0.29) is 0 Å². The lowest BCUT2D eigenvalue weighted by Crippen LogP contribution is -2.33. The average Bonchev–Trinajstić information content (AvgIpc) is 3.02. The predicted molar refractivity (Wildman–Crippen MR) is 85.3 cm³/mol. The van der Waals surface area contributed by atoms with E-state index < -0.39 is 17.8 Å². The first-order chi connectivity index (χ1) is 10.8. The molecule has 0 aliphatic carbocycles. The molecule has 0 saturated carbocycles. The van der Waals surface area contributed by atoms with Crippen molar-refractivity contribution < 1.29 is 4.79 Å². The van der Waals surface area contributed by atoms with Crippen molar-refractivity contribution in [1.29, 1.82) is 0 Å². The van der Waals surface area contributed by atoms with E-state index in [1.807, 2.05) is 25.9 Å². The summed E-state index contributed by atoms with van der Waals surface area (Å²) in [5, 5.41) is 15.9. The van der Waals surface area contributed by atoms with E-state index in [1.54, 1.807) is 17.7 Å². The number of nitrogens with one attached hydrogen (secondary N) is 4. The van der Waals surface area contributed by atoms with Gasteiger partial charge >= 0.3 is 11.7 Å². The minimum Gasteiger partial charge on any atom is -0.328 e. The zero-order valence-electron chi connectivity index (χ0n) is 13.7. The summed E-state index contributed by atoms with van der Waals surface area (Å²) in [5.74, 6) is 0.979. The van der Waals surface area contributed by atoms with Crippen LogP contribution in [-0.2, 0) is 6.54 Å². The van der Waals surface area contributed by atoms with Crippen LogP contribution < -0.4 is 16.3 Å². The standard InChI is InChI=1S/C13H22N8O2/c1-8-7-10(21(19-8)6-5-20(3)4)15-12(22)14-9(2)11-16-13(23)18-17-11/h7,9H,5-6H2,1-4H3,(H2,14,15,22)(H2,16,17,18,23)/t9-/m1/s1. The molecule has 1 atom stereocenters. The summed E-state index contributed by atoms with van der Waals surface area (Å²) in [5.41, 5.74) is 0.412. The van der Waals surface area contributed by atoms with Crippen LogP contribution in [0.1, 0.15) is 24.5 Å². The van der Waals surface area contributed by atoms with Crippen LogP contribution in [-0.4, -0.2) is 56.5 Å². The molecule has 0 fully saturated rings. The number of hydrogen-bond acceptors (Lipinski definition) is 5. The molecule has 0 aromatic carbocycles. The fourth-order valence-electron chi connectivity index (χ4n) is 2.02. The van der Waals surface area contributed by atoms with Crippen molar-refractivity contribution in [2.45, 2.75) is 26.4 Å². The summed E-state index contributed by atoms with van der Waals surface area (Å²) >= 11 is 0. The molecule has 0 radical (unpaired) electrons. The molecule has 4 N–H and O–H groups in total. The van der Waals surface area contributed by atoms with Crippen LogP contribution in [0.5, 0.6) is 0 Å². The summed E-state index contributed by atoms with van der Waals surface area (Å²) in [6.07, 6.45) is 0. The first-order valence-corrected chi connectivity index (χ1v) is 7.26. The molecule has 0 aliphatic rings. The van der Waals surface area contributed by atoms with Crippen LogP contribution in [0.4, 0.5) is 10.6 Å². The molecule has 10 heteroatoms. The molecule has 126 valence electrons. The van der Waals surface area contributed by atoms with Gasteiger partial charge in [-0.3, -0.25) is 10.3 Å². The number of rotatable bonds is 6. The molecular formula is C13H22N8O2. The smallest absolute Gasteiger partial charge is 0.328 e. The molecule has 0 unspecified atom stereocenters. The summed E-state index contributed by atoms with van der Waals surface area (Å²) in [7, 11) is 3.95. The van der Waals surface area contributed by atoms with Crippen molar-refractivity contribution >= 4 is 11.8 Å². The maximum Gasteiger partial charge on any atom is 0.340 e. The molecule has 0 spiro atoms. The summed E-state index contributed by atoms with van der Waals surface area (Å²) in [6, 6.07) is 0.969. The van der Waals surface area contributed by atoms with Crippen molar-refractivity contribution in [3.8, 4) is 0 Å². The van der Waals surface area contributed by atoms with Gasteiger partial charge in [0.05, 0.1) is 18.3 Å². The summed E-state index contributed by atoms with van der Waals surface area (Å²) in [4.78, 5) is 27.7. The topological polar surface area (TPSA) is 124 Å². The second-order valence-electron chi connectivity index (χ2n) is 5.58. The van der Waals surface area contributed by atoms with Gasteiger partial charge in [0.25, 0.3) is 0 Å². The normalized spacial score (nSPS) is 12.4. The number of aromatic amines is 2. The number of hydrogen-bond donors (Lipinski definition) is 4. The van der Waals surface area contributed by atoms with E-state index in [0.29, 0.717) is 18.2 Å². The van der Waals surface area contributed by atoms with Gasteiger partial charge in [-0.25, -0.2) is 19.4 Å². The maximum absolute atomic E-state index is 12.1. The molecule has 2 heterocycles. The highest BCUT2D eigenvalue weighted by Crippen LogP contribution is 2.11. The number of H-pyrrole nitrogens is 2. The van der Waals surface area contributed by atoms with E-state index in [1.165, 1.54) is 0 Å². The van der Waals surface area contributed by atoms with Crippen LogP contribution in [0.3, 0.4) is 0 Å². The molecule has 2 aromatic rings. The van der Waals surface area contributed by atoms with Gasteiger partial charge in [-0.05, 0) is 27.9 Å². The van der Waals surface area contributed by atoms with Gasteiger partial charge in [-0.1, -0.05) is 0 Å². The Morgan fingerprint density at radius 2 is 2.22 bits per heavy atom. The molecule has 0 aliphatic heterocycles. The van der Waals surface area contributed by atoms with E-state index in [4.69, 9.17) is 0 Å². The third kappa shape index (κ3) is 4.68. The highest BCUT2D eigenvalue weighted by Gasteiger charge is 2.15. The fraction of sp³-hybridized carbons (Fsp3) is 0.538.